The maximum Gasteiger partial charge on any atom is 0.0850 e. The molecule has 1 unspecified atom stereocenters. The molecule has 0 aliphatic rings. The van der Waals surface area contributed by atoms with Crippen molar-refractivity contribution in [2.75, 3.05) is 0 Å². The van der Waals surface area contributed by atoms with Crippen LogP contribution in [0.3, 0.4) is 0 Å². The summed E-state index contributed by atoms with van der Waals surface area (Å²) in [6.07, 6.45) is 3.23. The standard InChI is InChI=1S/C14H19ClN4/c1-4-11-13(15)12(19(3)18-11)8-10(16)14-9(2)6-5-7-17-14/h5-7,10H,4,8,16H2,1-3H3. The van der Waals surface area contributed by atoms with Crippen molar-refractivity contribution >= 4 is 11.6 Å². The molecule has 0 amide bonds. The Morgan fingerprint density at radius 1 is 1.47 bits per heavy atom. The molecule has 0 saturated carbocycles. The maximum absolute atomic E-state index is 6.34. The molecular formula is C14H19ClN4. The smallest absolute Gasteiger partial charge is 0.0850 e. The van der Waals surface area contributed by atoms with Crippen LogP contribution in [0.25, 0.3) is 0 Å². The zero-order valence-electron chi connectivity index (χ0n) is 11.5. The van der Waals surface area contributed by atoms with Crippen LogP contribution in [0.15, 0.2) is 18.3 Å². The van der Waals surface area contributed by atoms with Gasteiger partial charge in [0.1, 0.15) is 0 Å². The minimum atomic E-state index is -0.168. The molecule has 102 valence electrons. The second-order valence-electron chi connectivity index (χ2n) is 4.70. The number of rotatable bonds is 4. The number of hydrogen-bond donors (Lipinski definition) is 1. The first-order valence-electron chi connectivity index (χ1n) is 6.42. The van der Waals surface area contributed by atoms with Crippen molar-refractivity contribution in [3.63, 3.8) is 0 Å². The van der Waals surface area contributed by atoms with Crippen LogP contribution in [-0.2, 0) is 19.9 Å². The van der Waals surface area contributed by atoms with E-state index in [4.69, 9.17) is 17.3 Å². The summed E-state index contributed by atoms with van der Waals surface area (Å²) in [6, 6.07) is 3.77. The summed E-state index contributed by atoms with van der Waals surface area (Å²) in [7, 11) is 1.90. The quantitative estimate of drug-likeness (QED) is 0.935. The molecule has 4 nitrogen and oxygen atoms in total. The molecule has 0 saturated heterocycles. The summed E-state index contributed by atoms with van der Waals surface area (Å²) in [5.41, 5.74) is 10.2. The van der Waals surface area contributed by atoms with Crippen LogP contribution in [0, 0.1) is 6.92 Å². The van der Waals surface area contributed by atoms with E-state index in [-0.39, 0.29) is 6.04 Å². The van der Waals surface area contributed by atoms with E-state index >= 15 is 0 Å². The number of pyridine rings is 1. The van der Waals surface area contributed by atoms with Gasteiger partial charge in [0.25, 0.3) is 0 Å². The lowest BCUT2D eigenvalue weighted by molar-refractivity contribution is 0.625. The van der Waals surface area contributed by atoms with Crippen LogP contribution >= 0.6 is 11.6 Å². The lowest BCUT2D eigenvalue weighted by atomic mass is 10.0. The van der Waals surface area contributed by atoms with E-state index in [9.17, 15) is 0 Å². The Kier molecular flexibility index (Phi) is 4.22. The fourth-order valence-corrected chi connectivity index (χ4v) is 2.60. The van der Waals surface area contributed by atoms with E-state index < -0.39 is 0 Å². The highest BCUT2D eigenvalue weighted by Crippen LogP contribution is 2.25. The van der Waals surface area contributed by atoms with Crippen LogP contribution in [0.4, 0.5) is 0 Å². The van der Waals surface area contributed by atoms with E-state index in [1.807, 2.05) is 37.7 Å². The third kappa shape index (κ3) is 2.80. The monoisotopic (exact) mass is 278 g/mol. The van der Waals surface area contributed by atoms with Gasteiger partial charge in [0, 0.05) is 19.7 Å². The van der Waals surface area contributed by atoms with Gasteiger partial charge in [0.05, 0.1) is 28.1 Å². The summed E-state index contributed by atoms with van der Waals surface area (Å²) in [6.45, 7) is 4.06. The zero-order chi connectivity index (χ0) is 14.0. The molecule has 0 fully saturated rings. The molecule has 19 heavy (non-hydrogen) atoms. The third-order valence-electron chi connectivity index (χ3n) is 3.32. The Hall–Kier alpha value is -1.39. The highest BCUT2D eigenvalue weighted by molar-refractivity contribution is 6.31. The molecule has 2 aromatic heterocycles. The van der Waals surface area contributed by atoms with E-state index in [1.54, 1.807) is 6.20 Å². The Morgan fingerprint density at radius 3 is 2.79 bits per heavy atom. The van der Waals surface area contributed by atoms with Crippen LogP contribution in [0.5, 0.6) is 0 Å². The lowest BCUT2D eigenvalue weighted by Crippen LogP contribution is -2.18. The third-order valence-corrected chi connectivity index (χ3v) is 3.75. The van der Waals surface area contributed by atoms with Crippen LogP contribution in [-0.4, -0.2) is 14.8 Å². The molecule has 0 bridgehead atoms. The topological polar surface area (TPSA) is 56.7 Å². The molecular weight excluding hydrogens is 260 g/mol. The Morgan fingerprint density at radius 2 is 2.21 bits per heavy atom. The molecule has 0 aromatic carbocycles. The summed E-state index contributed by atoms with van der Waals surface area (Å²) < 4.78 is 1.82. The molecule has 2 aromatic rings. The number of hydrogen-bond acceptors (Lipinski definition) is 3. The van der Waals surface area contributed by atoms with Crippen LogP contribution in [0.2, 0.25) is 5.02 Å². The molecule has 2 heterocycles. The molecule has 0 aliphatic carbocycles. The van der Waals surface area contributed by atoms with Gasteiger partial charge in [0.2, 0.25) is 0 Å². The zero-order valence-corrected chi connectivity index (χ0v) is 12.3. The SMILES string of the molecule is CCc1nn(C)c(CC(N)c2ncccc2C)c1Cl. The van der Waals surface area contributed by atoms with Gasteiger partial charge >= 0.3 is 0 Å². The first-order chi connectivity index (χ1) is 9.04. The molecule has 2 rings (SSSR count). The number of nitrogens with zero attached hydrogens (tertiary/aromatic N) is 3. The largest absolute Gasteiger partial charge is 0.322 e. The van der Waals surface area contributed by atoms with Gasteiger partial charge in [0.15, 0.2) is 0 Å². The average molecular weight is 279 g/mol. The van der Waals surface area contributed by atoms with Crippen molar-refractivity contribution in [1.29, 1.82) is 0 Å². The summed E-state index contributed by atoms with van der Waals surface area (Å²) in [4.78, 5) is 4.36. The Bertz CT molecular complexity index is 577. The number of nitrogens with two attached hydrogens (primary N) is 1. The lowest BCUT2D eigenvalue weighted by Gasteiger charge is -2.13. The van der Waals surface area contributed by atoms with Gasteiger partial charge in [-0.25, -0.2) is 0 Å². The fraction of sp³-hybridized carbons (Fsp3) is 0.429. The van der Waals surface area contributed by atoms with Gasteiger partial charge in [-0.15, -0.1) is 0 Å². The first kappa shape index (κ1) is 14.0. The number of aromatic nitrogens is 3. The molecule has 5 heteroatoms. The molecule has 2 N–H and O–H groups in total. The van der Waals surface area contributed by atoms with Gasteiger partial charge < -0.3 is 5.73 Å². The van der Waals surface area contributed by atoms with Crippen molar-refractivity contribution in [3.8, 4) is 0 Å². The van der Waals surface area contributed by atoms with E-state index in [1.165, 1.54) is 0 Å². The van der Waals surface area contributed by atoms with Crippen molar-refractivity contribution in [1.82, 2.24) is 14.8 Å². The predicted octanol–water partition coefficient (Wildman–Crippen LogP) is 2.58. The fourth-order valence-electron chi connectivity index (χ4n) is 2.23. The minimum Gasteiger partial charge on any atom is -0.322 e. The normalized spacial score (nSPS) is 12.7. The van der Waals surface area contributed by atoms with Gasteiger partial charge in [-0.1, -0.05) is 24.6 Å². The van der Waals surface area contributed by atoms with Gasteiger partial charge in [-0.05, 0) is 25.0 Å². The van der Waals surface area contributed by atoms with Crippen molar-refractivity contribution in [2.45, 2.75) is 32.7 Å². The van der Waals surface area contributed by atoms with Crippen molar-refractivity contribution in [3.05, 3.63) is 46.0 Å². The first-order valence-corrected chi connectivity index (χ1v) is 6.79. The number of aryl methyl sites for hydroxylation is 3. The molecule has 0 radical (unpaired) electrons. The summed E-state index contributed by atoms with van der Waals surface area (Å²) >= 11 is 6.34. The van der Waals surface area contributed by atoms with Crippen LogP contribution < -0.4 is 5.73 Å². The molecule has 0 spiro atoms. The number of halogens is 1. The second kappa shape index (κ2) is 5.72. The Balaban J connectivity index is 2.27. The maximum atomic E-state index is 6.34. The summed E-state index contributed by atoms with van der Waals surface area (Å²) in [5.74, 6) is 0. The van der Waals surface area contributed by atoms with Crippen molar-refractivity contribution in [2.24, 2.45) is 12.8 Å². The van der Waals surface area contributed by atoms with E-state index in [0.29, 0.717) is 6.42 Å². The molecule has 0 aliphatic heterocycles. The average Bonchev–Trinajstić information content (AvgIpc) is 2.66. The van der Waals surface area contributed by atoms with Crippen LogP contribution in [0.1, 0.15) is 35.6 Å². The minimum absolute atomic E-state index is 0.168. The Labute approximate surface area is 118 Å². The van der Waals surface area contributed by atoms with Gasteiger partial charge in [-0.2, -0.15) is 5.10 Å². The predicted molar refractivity (Wildman–Crippen MR) is 77.2 cm³/mol. The van der Waals surface area contributed by atoms with E-state index in [2.05, 4.69) is 10.1 Å². The highest BCUT2D eigenvalue weighted by atomic mass is 35.5. The second-order valence-corrected chi connectivity index (χ2v) is 5.08. The van der Waals surface area contributed by atoms with Gasteiger partial charge in [-0.3, -0.25) is 9.67 Å². The summed E-state index contributed by atoms with van der Waals surface area (Å²) in [5, 5.41) is 5.14. The van der Waals surface area contributed by atoms with Crippen molar-refractivity contribution < 1.29 is 0 Å². The highest BCUT2D eigenvalue weighted by Gasteiger charge is 2.18. The van der Waals surface area contributed by atoms with E-state index in [0.717, 1.165) is 34.1 Å². The molecule has 1 atom stereocenters.